The van der Waals surface area contributed by atoms with Gasteiger partial charge >= 0.3 is 0 Å². The SMILES string of the molecule is CN=C=S.CNC(=S)N1CCOCC1c1nc(-c2cccc(I)c2)no1. The van der Waals surface area contributed by atoms with E-state index in [0.29, 0.717) is 36.6 Å². The van der Waals surface area contributed by atoms with Crippen LogP contribution in [-0.4, -0.2) is 59.2 Å². The molecule has 0 aliphatic carbocycles. The molecule has 26 heavy (non-hydrogen) atoms. The number of hydrogen-bond donors (Lipinski definition) is 1. The van der Waals surface area contributed by atoms with Gasteiger partial charge in [-0.2, -0.15) is 4.98 Å². The van der Waals surface area contributed by atoms with Crippen molar-refractivity contribution < 1.29 is 9.26 Å². The van der Waals surface area contributed by atoms with Gasteiger partial charge in [-0.1, -0.05) is 17.3 Å². The molecule has 2 aromatic rings. The molecule has 138 valence electrons. The molecule has 0 saturated carbocycles. The zero-order valence-corrected chi connectivity index (χ0v) is 18.1. The highest BCUT2D eigenvalue weighted by Crippen LogP contribution is 2.26. The predicted molar refractivity (Wildman–Crippen MR) is 115 cm³/mol. The molecule has 10 heteroatoms. The topological polar surface area (TPSA) is 75.8 Å². The molecule has 3 rings (SSSR count). The van der Waals surface area contributed by atoms with Gasteiger partial charge in [0.05, 0.1) is 18.4 Å². The fourth-order valence-corrected chi connectivity index (χ4v) is 3.07. The molecule has 0 amide bonds. The molecule has 1 fully saturated rings. The largest absolute Gasteiger partial charge is 0.377 e. The monoisotopic (exact) mass is 503 g/mol. The van der Waals surface area contributed by atoms with Gasteiger partial charge in [0, 0.05) is 29.8 Å². The lowest BCUT2D eigenvalue weighted by molar-refractivity contribution is 0.0138. The van der Waals surface area contributed by atoms with Crippen LogP contribution in [0.25, 0.3) is 11.4 Å². The van der Waals surface area contributed by atoms with Crippen LogP contribution in [0.5, 0.6) is 0 Å². The number of aliphatic imine (C=N–C) groups is 1. The van der Waals surface area contributed by atoms with Crippen molar-refractivity contribution in [2.45, 2.75) is 6.04 Å². The summed E-state index contributed by atoms with van der Waals surface area (Å²) in [6.45, 7) is 1.82. The number of thiocarbonyl (C=S) groups is 2. The lowest BCUT2D eigenvalue weighted by Gasteiger charge is -2.34. The predicted octanol–water partition coefficient (Wildman–Crippen LogP) is 2.94. The van der Waals surface area contributed by atoms with Crippen molar-refractivity contribution in [1.82, 2.24) is 20.4 Å². The van der Waals surface area contributed by atoms with E-state index in [0.717, 1.165) is 9.13 Å². The third kappa shape index (κ3) is 5.52. The Balaban J connectivity index is 0.000000552. The van der Waals surface area contributed by atoms with Gasteiger partial charge in [0.2, 0.25) is 5.82 Å². The summed E-state index contributed by atoms with van der Waals surface area (Å²) in [5, 5.41) is 9.87. The third-order valence-electron chi connectivity index (χ3n) is 3.50. The number of nitrogens with zero attached hydrogens (tertiary/aromatic N) is 4. The third-order valence-corrected chi connectivity index (χ3v) is 4.80. The van der Waals surface area contributed by atoms with Crippen LogP contribution in [0.15, 0.2) is 33.8 Å². The van der Waals surface area contributed by atoms with E-state index in [2.05, 4.69) is 60.4 Å². The van der Waals surface area contributed by atoms with Crippen molar-refractivity contribution in [1.29, 1.82) is 0 Å². The molecule has 1 aliphatic rings. The van der Waals surface area contributed by atoms with Crippen LogP contribution in [-0.2, 0) is 4.74 Å². The van der Waals surface area contributed by atoms with Crippen molar-refractivity contribution in [3.8, 4) is 11.4 Å². The van der Waals surface area contributed by atoms with E-state index < -0.39 is 0 Å². The average molecular weight is 503 g/mol. The zero-order chi connectivity index (χ0) is 18.9. The Kier molecular flexibility index (Phi) is 8.52. The Labute approximate surface area is 176 Å². The van der Waals surface area contributed by atoms with E-state index in [1.807, 2.05) is 29.2 Å². The first-order valence-corrected chi connectivity index (χ1v) is 9.61. The molecular weight excluding hydrogens is 485 g/mol. The summed E-state index contributed by atoms with van der Waals surface area (Å²) in [7, 11) is 3.40. The summed E-state index contributed by atoms with van der Waals surface area (Å²) < 4.78 is 12.1. The molecule has 7 nitrogen and oxygen atoms in total. The summed E-state index contributed by atoms with van der Waals surface area (Å²) in [6.07, 6.45) is 0. The van der Waals surface area contributed by atoms with Crippen LogP contribution in [0.2, 0.25) is 0 Å². The standard InChI is InChI=1S/C14H15IN4O2S.C2H3NS/c1-16-14(22)19-5-6-20-8-11(19)13-17-12(18-21-13)9-3-2-4-10(15)7-9;1-3-2-4/h2-4,7,11H,5-6,8H2,1H3,(H,16,22);1H3. The molecule has 1 atom stereocenters. The summed E-state index contributed by atoms with van der Waals surface area (Å²) in [6, 6.07) is 7.82. The Morgan fingerprint density at radius 3 is 2.92 bits per heavy atom. The summed E-state index contributed by atoms with van der Waals surface area (Å²) in [4.78, 5) is 9.84. The van der Waals surface area contributed by atoms with Gasteiger partial charge in [-0.3, -0.25) is 0 Å². The Morgan fingerprint density at radius 2 is 2.27 bits per heavy atom. The van der Waals surface area contributed by atoms with E-state index >= 15 is 0 Å². The van der Waals surface area contributed by atoms with Crippen LogP contribution in [0.1, 0.15) is 11.9 Å². The minimum Gasteiger partial charge on any atom is -0.377 e. The summed E-state index contributed by atoms with van der Waals surface area (Å²) in [5.41, 5.74) is 0.932. The Morgan fingerprint density at radius 1 is 1.50 bits per heavy atom. The van der Waals surface area contributed by atoms with E-state index in [4.69, 9.17) is 21.5 Å². The second-order valence-corrected chi connectivity index (χ2v) is 6.94. The fourth-order valence-electron chi connectivity index (χ4n) is 2.31. The number of ether oxygens (including phenoxy) is 1. The number of halogens is 1. The molecule has 1 N–H and O–H groups in total. The molecule has 1 saturated heterocycles. The minimum atomic E-state index is -0.155. The van der Waals surface area contributed by atoms with Crippen LogP contribution in [0.3, 0.4) is 0 Å². The van der Waals surface area contributed by atoms with Crippen LogP contribution in [0.4, 0.5) is 0 Å². The highest BCUT2D eigenvalue weighted by atomic mass is 127. The molecular formula is C16H18IN5O2S2. The minimum absolute atomic E-state index is 0.155. The zero-order valence-electron chi connectivity index (χ0n) is 14.3. The maximum atomic E-state index is 5.54. The van der Waals surface area contributed by atoms with Gasteiger partial charge in [0.25, 0.3) is 5.89 Å². The Bertz CT molecular complexity index is 794. The van der Waals surface area contributed by atoms with Crippen molar-refractivity contribution >= 4 is 57.3 Å². The first-order chi connectivity index (χ1) is 12.6. The van der Waals surface area contributed by atoms with E-state index in [1.54, 1.807) is 14.1 Å². The smallest absolute Gasteiger partial charge is 0.252 e. The molecule has 0 bridgehead atoms. The maximum Gasteiger partial charge on any atom is 0.252 e. The van der Waals surface area contributed by atoms with Gasteiger partial charge in [-0.05, 0) is 59.2 Å². The lowest BCUT2D eigenvalue weighted by Crippen LogP contribution is -2.47. The number of aromatic nitrogens is 2. The molecule has 2 heterocycles. The average Bonchev–Trinajstić information content (AvgIpc) is 3.17. The maximum absolute atomic E-state index is 5.54. The second kappa shape index (κ2) is 10.6. The number of rotatable bonds is 2. The van der Waals surface area contributed by atoms with Gasteiger partial charge in [-0.25, -0.2) is 4.99 Å². The normalized spacial score (nSPS) is 16.1. The fraction of sp³-hybridized carbons (Fsp3) is 0.375. The van der Waals surface area contributed by atoms with Gasteiger partial charge < -0.3 is 19.5 Å². The Hall–Kier alpha value is -1.46. The second-order valence-electron chi connectivity index (χ2n) is 5.12. The van der Waals surface area contributed by atoms with Crippen LogP contribution in [0, 0.1) is 3.57 Å². The molecule has 1 aromatic carbocycles. The molecule has 1 aromatic heterocycles. The number of hydrogen-bond acceptors (Lipinski definition) is 7. The van der Waals surface area contributed by atoms with E-state index in [9.17, 15) is 0 Å². The quantitative estimate of drug-likeness (QED) is 0.381. The summed E-state index contributed by atoms with van der Waals surface area (Å²) in [5.74, 6) is 1.10. The number of isothiocyanates is 1. The van der Waals surface area contributed by atoms with Crippen molar-refractivity contribution in [3.05, 3.63) is 33.7 Å². The van der Waals surface area contributed by atoms with Gasteiger partial charge in [-0.15, -0.1) is 0 Å². The molecule has 0 spiro atoms. The van der Waals surface area contributed by atoms with Gasteiger partial charge in [0.1, 0.15) is 6.04 Å². The van der Waals surface area contributed by atoms with Crippen molar-refractivity contribution in [2.75, 3.05) is 33.9 Å². The highest BCUT2D eigenvalue weighted by Gasteiger charge is 2.31. The first kappa shape index (κ1) is 20.8. The first-order valence-electron chi connectivity index (χ1n) is 7.72. The van der Waals surface area contributed by atoms with Crippen LogP contribution >= 0.6 is 47.0 Å². The molecule has 1 unspecified atom stereocenters. The van der Waals surface area contributed by atoms with Crippen LogP contribution < -0.4 is 5.32 Å². The number of benzene rings is 1. The van der Waals surface area contributed by atoms with E-state index in [1.165, 1.54) is 0 Å². The number of morpholine rings is 1. The highest BCUT2D eigenvalue weighted by molar-refractivity contribution is 14.1. The van der Waals surface area contributed by atoms with Crippen molar-refractivity contribution in [2.24, 2.45) is 4.99 Å². The summed E-state index contributed by atoms with van der Waals surface area (Å²) >= 11 is 11.7. The van der Waals surface area contributed by atoms with Crippen molar-refractivity contribution in [3.63, 3.8) is 0 Å². The molecule has 1 aliphatic heterocycles. The van der Waals surface area contributed by atoms with E-state index in [-0.39, 0.29) is 6.04 Å². The number of nitrogens with one attached hydrogen (secondary N) is 1. The lowest BCUT2D eigenvalue weighted by atomic mass is 10.2. The van der Waals surface area contributed by atoms with Gasteiger partial charge in [0.15, 0.2) is 5.11 Å². The molecule has 0 radical (unpaired) electrons.